The third-order valence-electron chi connectivity index (χ3n) is 4.00. The lowest BCUT2D eigenvalue weighted by atomic mass is 10.1. The number of anilines is 3. The third kappa shape index (κ3) is 3.61. The Balaban J connectivity index is 2.00. The number of hydrogen-bond donors (Lipinski definition) is 2. The summed E-state index contributed by atoms with van der Waals surface area (Å²) in [6, 6.07) is 13.0. The third-order valence-corrected chi connectivity index (χ3v) is 4.23. The van der Waals surface area contributed by atoms with Gasteiger partial charge in [-0.15, -0.1) is 0 Å². The van der Waals surface area contributed by atoms with Crippen LogP contribution in [-0.2, 0) is 4.79 Å². The lowest BCUT2D eigenvalue weighted by Crippen LogP contribution is -2.09. The Kier molecular flexibility index (Phi) is 4.79. The molecule has 0 aliphatic rings. The van der Waals surface area contributed by atoms with E-state index in [4.69, 9.17) is 11.6 Å². The average molecular weight is 365 g/mol. The second kappa shape index (κ2) is 7.03. The van der Waals surface area contributed by atoms with E-state index in [-0.39, 0.29) is 5.91 Å². The number of rotatable bonds is 3. The predicted molar refractivity (Wildman–Crippen MR) is 105 cm³/mol. The number of fused-ring (bicyclic) bond motifs is 1. The molecule has 0 fully saturated rings. The Labute approximate surface area is 156 Å². The highest BCUT2D eigenvalue weighted by molar-refractivity contribution is 6.31. The van der Waals surface area contributed by atoms with E-state index >= 15 is 0 Å². The molecule has 0 saturated carbocycles. The van der Waals surface area contributed by atoms with Gasteiger partial charge in [0, 0.05) is 28.7 Å². The lowest BCUT2D eigenvalue weighted by Gasteiger charge is -2.14. The van der Waals surface area contributed by atoms with Crippen molar-refractivity contribution in [3.63, 3.8) is 0 Å². The van der Waals surface area contributed by atoms with Gasteiger partial charge in [-0.2, -0.15) is 5.26 Å². The number of benzene rings is 2. The van der Waals surface area contributed by atoms with E-state index in [9.17, 15) is 10.1 Å². The molecule has 0 aliphatic heterocycles. The van der Waals surface area contributed by atoms with Crippen LogP contribution < -0.4 is 10.6 Å². The van der Waals surface area contributed by atoms with E-state index in [0.29, 0.717) is 21.9 Å². The van der Waals surface area contributed by atoms with E-state index in [1.807, 2.05) is 26.0 Å². The second-order valence-electron chi connectivity index (χ2n) is 6.12. The van der Waals surface area contributed by atoms with Crippen LogP contribution in [0.15, 0.2) is 36.4 Å². The summed E-state index contributed by atoms with van der Waals surface area (Å²) in [7, 11) is 0. The van der Waals surface area contributed by atoms with E-state index in [2.05, 4.69) is 21.7 Å². The van der Waals surface area contributed by atoms with Crippen LogP contribution in [0.5, 0.6) is 0 Å². The van der Waals surface area contributed by atoms with Crippen LogP contribution in [0.4, 0.5) is 17.2 Å². The average Bonchev–Trinajstić information content (AvgIpc) is 2.57. The fourth-order valence-electron chi connectivity index (χ4n) is 2.91. The summed E-state index contributed by atoms with van der Waals surface area (Å²) in [4.78, 5) is 15.9. The topological polar surface area (TPSA) is 77.8 Å². The van der Waals surface area contributed by atoms with Crippen molar-refractivity contribution in [1.82, 2.24) is 4.98 Å². The zero-order chi connectivity index (χ0) is 18.8. The molecule has 26 heavy (non-hydrogen) atoms. The van der Waals surface area contributed by atoms with Crippen molar-refractivity contribution in [1.29, 1.82) is 5.26 Å². The molecular formula is C20H17ClN4O. The molecule has 0 saturated heterocycles. The molecule has 2 N–H and O–H groups in total. The minimum absolute atomic E-state index is 0.106. The van der Waals surface area contributed by atoms with Crippen molar-refractivity contribution in [3.8, 4) is 6.07 Å². The molecule has 0 bridgehead atoms. The van der Waals surface area contributed by atoms with E-state index in [1.54, 1.807) is 24.3 Å². The Hall–Kier alpha value is -3.10. The molecular weight excluding hydrogens is 348 g/mol. The normalized spacial score (nSPS) is 10.4. The predicted octanol–water partition coefficient (Wildman–Crippen LogP) is 5.08. The standard InChI is InChI=1S/C20H17ClN4O/c1-11-6-16(7-12(2)20(11)23-13(3)26)24-19-8-14(10-22)17-9-15(21)4-5-18(17)25-19/h4-9H,1-3H3,(H,23,26)(H,24,25). The number of halogens is 1. The SMILES string of the molecule is CC(=O)Nc1c(C)cc(Nc2cc(C#N)c3cc(Cl)ccc3n2)cc1C. The highest BCUT2D eigenvalue weighted by Crippen LogP contribution is 2.29. The van der Waals surface area contributed by atoms with Crippen LogP contribution >= 0.6 is 11.6 Å². The minimum atomic E-state index is -0.106. The molecule has 2 aromatic carbocycles. The van der Waals surface area contributed by atoms with E-state index in [1.165, 1.54) is 6.92 Å². The molecule has 0 aliphatic carbocycles. The van der Waals surface area contributed by atoms with Crippen molar-refractivity contribution >= 4 is 45.6 Å². The number of nitrogens with zero attached hydrogens (tertiary/aromatic N) is 2. The number of carbonyl (C=O) groups is 1. The molecule has 6 heteroatoms. The van der Waals surface area contributed by atoms with Gasteiger partial charge in [0.2, 0.25) is 5.91 Å². The van der Waals surface area contributed by atoms with Gasteiger partial charge in [-0.3, -0.25) is 4.79 Å². The molecule has 1 aromatic heterocycles. The summed E-state index contributed by atoms with van der Waals surface area (Å²) in [6.45, 7) is 5.35. The van der Waals surface area contributed by atoms with Crippen molar-refractivity contribution in [2.45, 2.75) is 20.8 Å². The molecule has 0 radical (unpaired) electrons. The Morgan fingerprint density at radius 1 is 1.15 bits per heavy atom. The van der Waals surface area contributed by atoms with E-state index < -0.39 is 0 Å². The summed E-state index contributed by atoms with van der Waals surface area (Å²) in [5.74, 6) is 0.466. The van der Waals surface area contributed by atoms with Crippen LogP contribution in [0.25, 0.3) is 10.9 Å². The van der Waals surface area contributed by atoms with Crippen molar-refractivity contribution in [2.24, 2.45) is 0 Å². The Bertz CT molecular complexity index is 1050. The van der Waals surface area contributed by atoms with Crippen LogP contribution in [0.1, 0.15) is 23.6 Å². The van der Waals surface area contributed by atoms with Crippen molar-refractivity contribution in [3.05, 3.63) is 58.1 Å². The molecule has 0 spiro atoms. The number of nitriles is 1. The molecule has 3 aromatic rings. The number of nitrogens with one attached hydrogen (secondary N) is 2. The van der Waals surface area contributed by atoms with Gasteiger partial charge in [0.1, 0.15) is 5.82 Å². The lowest BCUT2D eigenvalue weighted by molar-refractivity contribution is -0.114. The first-order valence-corrected chi connectivity index (χ1v) is 8.41. The number of hydrogen-bond acceptors (Lipinski definition) is 4. The summed E-state index contributed by atoms with van der Waals surface area (Å²) in [6.07, 6.45) is 0. The smallest absolute Gasteiger partial charge is 0.221 e. The van der Waals surface area contributed by atoms with Crippen LogP contribution in [0, 0.1) is 25.2 Å². The summed E-state index contributed by atoms with van der Waals surface area (Å²) >= 11 is 6.02. The highest BCUT2D eigenvalue weighted by atomic mass is 35.5. The zero-order valence-electron chi connectivity index (χ0n) is 14.6. The summed E-state index contributed by atoms with van der Waals surface area (Å²) < 4.78 is 0. The van der Waals surface area contributed by atoms with Gasteiger partial charge in [0.25, 0.3) is 0 Å². The first-order valence-electron chi connectivity index (χ1n) is 8.03. The van der Waals surface area contributed by atoms with Gasteiger partial charge in [-0.1, -0.05) is 11.6 Å². The Morgan fingerprint density at radius 2 is 1.85 bits per heavy atom. The fourth-order valence-corrected chi connectivity index (χ4v) is 3.08. The quantitative estimate of drug-likeness (QED) is 0.679. The molecule has 0 atom stereocenters. The number of aryl methyl sites for hydroxylation is 2. The largest absolute Gasteiger partial charge is 0.340 e. The fraction of sp³-hybridized carbons (Fsp3) is 0.150. The van der Waals surface area contributed by atoms with Gasteiger partial charge in [0.05, 0.1) is 17.1 Å². The first-order chi connectivity index (χ1) is 12.4. The molecule has 0 unspecified atom stereocenters. The minimum Gasteiger partial charge on any atom is -0.340 e. The molecule has 1 heterocycles. The number of pyridine rings is 1. The number of carbonyl (C=O) groups excluding carboxylic acids is 1. The maximum Gasteiger partial charge on any atom is 0.221 e. The molecule has 3 rings (SSSR count). The number of amides is 1. The van der Waals surface area contributed by atoms with Crippen LogP contribution in [0.3, 0.4) is 0 Å². The first kappa shape index (κ1) is 17.7. The molecule has 5 nitrogen and oxygen atoms in total. The zero-order valence-corrected chi connectivity index (χ0v) is 15.4. The van der Waals surface area contributed by atoms with Gasteiger partial charge in [0.15, 0.2) is 0 Å². The molecule has 1 amide bonds. The van der Waals surface area contributed by atoms with Crippen LogP contribution in [0.2, 0.25) is 5.02 Å². The highest BCUT2D eigenvalue weighted by Gasteiger charge is 2.10. The molecule has 130 valence electrons. The van der Waals surface area contributed by atoms with Crippen molar-refractivity contribution < 1.29 is 4.79 Å². The van der Waals surface area contributed by atoms with E-state index in [0.717, 1.165) is 27.9 Å². The van der Waals surface area contributed by atoms with Gasteiger partial charge in [-0.05, 0) is 61.4 Å². The maximum atomic E-state index is 11.3. The monoisotopic (exact) mass is 364 g/mol. The van der Waals surface area contributed by atoms with Crippen molar-refractivity contribution in [2.75, 3.05) is 10.6 Å². The van der Waals surface area contributed by atoms with Crippen LogP contribution in [-0.4, -0.2) is 10.9 Å². The maximum absolute atomic E-state index is 11.3. The number of aromatic nitrogens is 1. The summed E-state index contributed by atoms with van der Waals surface area (Å²) in [5, 5.41) is 16.8. The van der Waals surface area contributed by atoms with Gasteiger partial charge in [-0.25, -0.2) is 4.98 Å². The van der Waals surface area contributed by atoms with Gasteiger partial charge >= 0.3 is 0 Å². The second-order valence-corrected chi connectivity index (χ2v) is 6.56. The Morgan fingerprint density at radius 3 is 2.46 bits per heavy atom. The van der Waals surface area contributed by atoms with Gasteiger partial charge < -0.3 is 10.6 Å². The summed E-state index contributed by atoms with van der Waals surface area (Å²) in [5.41, 5.74) is 4.72.